The fourth-order valence-electron chi connectivity index (χ4n) is 5.35. The number of nitrogens with zero attached hydrogens (tertiary/aromatic N) is 8. The van der Waals surface area contributed by atoms with Crippen LogP contribution in [0.25, 0.3) is 17.1 Å². The first kappa shape index (κ1) is 42.7. The minimum atomic E-state index is -0.722. The minimum absolute atomic E-state index is 0.428. The fraction of sp³-hybridized carbons (Fsp3) is 0.0465. The Bertz CT molecular complexity index is 2670. The number of carbonyl (C=O) groups is 2. The number of hydrogen-bond acceptors (Lipinski definition) is 10. The summed E-state index contributed by atoms with van der Waals surface area (Å²) in [5.74, 6) is 0. The molecular formula is C43H33BrCl2N8O3S2. The summed E-state index contributed by atoms with van der Waals surface area (Å²) in [6.07, 6.45) is 16.0. The van der Waals surface area contributed by atoms with Crippen molar-refractivity contribution in [2.75, 3.05) is 0 Å². The lowest BCUT2D eigenvalue weighted by atomic mass is 10.1. The maximum absolute atomic E-state index is 10.5. The fourth-order valence-corrected chi connectivity index (χ4v) is 7.75. The second kappa shape index (κ2) is 21.8. The number of rotatable bonds is 9. The van der Waals surface area contributed by atoms with Crippen LogP contribution in [0.15, 0.2) is 169 Å². The molecule has 1 N–H and O–H groups in total. The molecule has 0 bridgehead atoms. The van der Waals surface area contributed by atoms with Gasteiger partial charge in [0.1, 0.15) is 18.7 Å². The topological polar surface area (TPSA) is 134 Å². The minimum Gasteiger partial charge on any atom is -0.383 e. The summed E-state index contributed by atoms with van der Waals surface area (Å²) < 4.78 is 7.27. The van der Waals surface area contributed by atoms with Crippen molar-refractivity contribution < 1.29 is 14.7 Å². The molecule has 0 aliphatic rings. The molecular weight excluding hydrogens is 891 g/mol. The maximum Gasteiger partial charge on any atom is 0.183 e. The average Bonchev–Trinajstić information content (AvgIpc) is 4.13. The van der Waals surface area contributed by atoms with Gasteiger partial charge in [0.2, 0.25) is 0 Å². The first-order chi connectivity index (χ1) is 28.8. The zero-order valence-corrected chi connectivity index (χ0v) is 35.6. The number of aliphatic hydroxyl groups is 1. The predicted octanol–water partition coefficient (Wildman–Crippen LogP) is 10.6. The van der Waals surface area contributed by atoms with Crippen LogP contribution in [0.1, 0.15) is 47.7 Å². The average molecular weight is 925 g/mol. The van der Waals surface area contributed by atoms with Crippen molar-refractivity contribution in [3.05, 3.63) is 210 Å². The van der Waals surface area contributed by atoms with Crippen LogP contribution < -0.4 is 0 Å². The number of benzene rings is 4. The van der Waals surface area contributed by atoms with Crippen molar-refractivity contribution in [1.29, 1.82) is 0 Å². The molecule has 0 fully saturated rings. The van der Waals surface area contributed by atoms with E-state index in [1.165, 1.54) is 28.2 Å². The molecule has 0 aliphatic heterocycles. The third-order valence-corrected chi connectivity index (χ3v) is 10.8. The van der Waals surface area contributed by atoms with Crippen LogP contribution in [0.2, 0.25) is 8.93 Å². The van der Waals surface area contributed by atoms with E-state index in [9.17, 15) is 14.7 Å². The Morgan fingerprint density at radius 2 is 1.15 bits per heavy atom. The molecule has 59 heavy (non-hydrogen) atoms. The Kier molecular flexibility index (Phi) is 15.8. The summed E-state index contributed by atoms with van der Waals surface area (Å²) in [6, 6.07) is 36.0. The molecule has 9 rings (SSSR count). The third kappa shape index (κ3) is 12.8. The molecule has 0 radical (unpaired) electrons. The standard InChI is InChI=1S/C13H10ClN3OS.C13H10ClN3S.C10H8N2O.C7H5BrO/c14-13-15-8-11(19-13)12(18)9-3-1-4-10(7-9)17-6-2-5-16-17;14-13-15-9-12(18-13)8-10-3-1-4-11(7-10)17-6-2-5-16-17;13-8-9-3-1-4-10(7-9)12-6-2-5-11-12;8-7-3-1-2-6(4-7)5-9/h1-8,12,18H;1-7,9H,8H2;1-8H;1-5H. The second-order valence-corrected chi connectivity index (χ2v) is 16.4. The number of aldehydes is 2. The molecule has 1 atom stereocenters. The summed E-state index contributed by atoms with van der Waals surface area (Å²) in [5.41, 5.74) is 6.23. The molecule has 0 aliphatic carbocycles. The summed E-state index contributed by atoms with van der Waals surface area (Å²) >= 11 is 17.7. The van der Waals surface area contributed by atoms with Crippen LogP contribution in [0.4, 0.5) is 0 Å². The van der Waals surface area contributed by atoms with Crippen LogP contribution in [-0.4, -0.2) is 57.0 Å². The van der Waals surface area contributed by atoms with E-state index in [-0.39, 0.29) is 0 Å². The Balaban J connectivity index is 0.000000137. The predicted molar refractivity (Wildman–Crippen MR) is 237 cm³/mol. The van der Waals surface area contributed by atoms with Crippen molar-refractivity contribution in [1.82, 2.24) is 39.3 Å². The summed E-state index contributed by atoms with van der Waals surface area (Å²) in [5, 5.41) is 22.8. The molecule has 0 saturated heterocycles. The van der Waals surface area contributed by atoms with Gasteiger partial charge in [-0.15, -0.1) is 22.7 Å². The third-order valence-electron chi connectivity index (χ3n) is 8.06. The molecule has 16 heteroatoms. The van der Waals surface area contributed by atoms with Gasteiger partial charge in [0.15, 0.2) is 8.93 Å². The van der Waals surface area contributed by atoms with E-state index in [0.717, 1.165) is 55.8 Å². The van der Waals surface area contributed by atoms with Gasteiger partial charge in [0.25, 0.3) is 0 Å². The van der Waals surface area contributed by atoms with Gasteiger partial charge in [-0.2, -0.15) is 15.3 Å². The Morgan fingerprint density at radius 1 is 0.627 bits per heavy atom. The van der Waals surface area contributed by atoms with Crippen LogP contribution in [0.3, 0.4) is 0 Å². The maximum atomic E-state index is 10.5. The molecule has 5 aromatic heterocycles. The molecule has 1 unspecified atom stereocenters. The van der Waals surface area contributed by atoms with Crippen molar-refractivity contribution in [3.63, 3.8) is 0 Å². The zero-order chi connectivity index (χ0) is 41.4. The van der Waals surface area contributed by atoms with Gasteiger partial charge in [0, 0.05) is 76.5 Å². The first-order valence-corrected chi connectivity index (χ1v) is 20.8. The van der Waals surface area contributed by atoms with Crippen molar-refractivity contribution in [2.24, 2.45) is 0 Å². The summed E-state index contributed by atoms with van der Waals surface area (Å²) in [7, 11) is 0. The Morgan fingerprint density at radius 3 is 1.66 bits per heavy atom. The highest BCUT2D eigenvalue weighted by Crippen LogP contribution is 2.30. The summed E-state index contributed by atoms with van der Waals surface area (Å²) in [4.78, 5) is 30.5. The molecule has 11 nitrogen and oxygen atoms in total. The molecule has 296 valence electrons. The lowest BCUT2D eigenvalue weighted by Gasteiger charge is -2.10. The van der Waals surface area contributed by atoms with E-state index in [1.807, 2.05) is 108 Å². The monoisotopic (exact) mass is 922 g/mol. The highest BCUT2D eigenvalue weighted by molar-refractivity contribution is 9.10. The van der Waals surface area contributed by atoms with Crippen molar-refractivity contribution in [3.8, 4) is 17.1 Å². The van der Waals surface area contributed by atoms with Crippen LogP contribution >= 0.6 is 61.8 Å². The first-order valence-electron chi connectivity index (χ1n) is 17.6. The smallest absolute Gasteiger partial charge is 0.183 e. The number of carbonyl (C=O) groups excluding carboxylic acids is 2. The Hall–Kier alpha value is -5.87. The lowest BCUT2D eigenvalue weighted by Crippen LogP contribution is -2.00. The van der Waals surface area contributed by atoms with Crippen LogP contribution in [0, 0.1) is 0 Å². The number of aliphatic hydroxyl groups excluding tert-OH is 1. The zero-order valence-electron chi connectivity index (χ0n) is 30.8. The van der Waals surface area contributed by atoms with Crippen LogP contribution in [0.5, 0.6) is 0 Å². The largest absolute Gasteiger partial charge is 0.383 e. The van der Waals surface area contributed by atoms with Gasteiger partial charge in [-0.3, -0.25) is 9.59 Å². The van der Waals surface area contributed by atoms with Crippen molar-refractivity contribution >= 4 is 74.4 Å². The molecule has 0 amide bonds. The van der Waals surface area contributed by atoms with E-state index >= 15 is 0 Å². The van der Waals surface area contributed by atoms with E-state index in [1.54, 1.807) is 58.4 Å². The van der Waals surface area contributed by atoms with E-state index in [4.69, 9.17) is 23.2 Å². The van der Waals surface area contributed by atoms with Crippen molar-refractivity contribution in [2.45, 2.75) is 12.5 Å². The van der Waals surface area contributed by atoms with E-state index in [0.29, 0.717) is 20.1 Å². The summed E-state index contributed by atoms with van der Waals surface area (Å²) in [6.45, 7) is 0. The second-order valence-electron chi connectivity index (χ2n) is 12.2. The number of hydrogen-bond donors (Lipinski definition) is 1. The Labute approximate surface area is 365 Å². The van der Waals surface area contributed by atoms with Gasteiger partial charge >= 0.3 is 0 Å². The number of thiazole rings is 2. The molecule has 9 aromatic rings. The highest BCUT2D eigenvalue weighted by atomic mass is 79.9. The number of aromatic nitrogens is 8. The van der Waals surface area contributed by atoms with Gasteiger partial charge in [-0.25, -0.2) is 24.0 Å². The number of halogens is 3. The lowest BCUT2D eigenvalue weighted by molar-refractivity contribution is 0.111. The van der Waals surface area contributed by atoms with E-state index < -0.39 is 6.10 Å². The van der Waals surface area contributed by atoms with Gasteiger partial charge < -0.3 is 5.11 Å². The quantitative estimate of drug-likeness (QED) is 0.142. The van der Waals surface area contributed by atoms with E-state index in [2.05, 4.69) is 53.3 Å². The molecule has 5 heterocycles. The SMILES string of the molecule is Clc1ncc(Cc2cccc(-n3cccn3)c2)s1.O=Cc1cccc(-n2cccn2)c1.O=Cc1cccc(Br)c1.OC(c1cccc(-n2cccn2)c1)c1cnc(Cl)s1. The molecule has 0 spiro atoms. The molecule has 0 saturated carbocycles. The van der Waals surface area contributed by atoms with Gasteiger partial charge in [-0.05, 0) is 77.9 Å². The molecule has 4 aromatic carbocycles. The normalized spacial score (nSPS) is 10.8. The van der Waals surface area contributed by atoms with Gasteiger partial charge in [-0.1, -0.05) is 87.7 Å². The van der Waals surface area contributed by atoms with Crippen LogP contribution in [-0.2, 0) is 6.42 Å². The highest BCUT2D eigenvalue weighted by Gasteiger charge is 2.14. The van der Waals surface area contributed by atoms with Gasteiger partial charge in [0.05, 0.1) is 21.9 Å².